The molecule has 1 amide bonds. The Labute approximate surface area is 170 Å². The van der Waals surface area contributed by atoms with Gasteiger partial charge in [-0.05, 0) is 54.4 Å². The normalized spacial score (nSPS) is 10.6. The van der Waals surface area contributed by atoms with Gasteiger partial charge in [-0.1, -0.05) is 18.2 Å². The highest BCUT2D eigenvalue weighted by Gasteiger charge is 2.15. The first kappa shape index (κ1) is 20.5. The smallest absolute Gasteiger partial charge is 0.229 e. The SMILES string of the molecule is N=C(c1cccc(SN)c1)c1cc(NC(=O)Cc2c(F)cccc2F)ccc1N. The Hall–Kier alpha value is -3.23. The van der Waals surface area contributed by atoms with Crippen molar-refractivity contribution in [2.45, 2.75) is 11.3 Å². The topological polar surface area (TPSA) is 105 Å². The summed E-state index contributed by atoms with van der Waals surface area (Å²) < 4.78 is 27.5. The monoisotopic (exact) mass is 412 g/mol. The highest BCUT2D eigenvalue weighted by Crippen LogP contribution is 2.23. The first-order chi connectivity index (χ1) is 13.9. The molecule has 0 saturated carbocycles. The molecule has 148 valence electrons. The van der Waals surface area contributed by atoms with E-state index >= 15 is 0 Å². The molecule has 0 fully saturated rings. The van der Waals surface area contributed by atoms with Crippen LogP contribution in [0.3, 0.4) is 0 Å². The van der Waals surface area contributed by atoms with Crippen LogP contribution < -0.4 is 16.2 Å². The Bertz CT molecular complexity index is 1070. The average molecular weight is 412 g/mol. The summed E-state index contributed by atoms with van der Waals surface area (Å²) in [5, 5.41) is 16.6. The number of hydrogen-bond acceptors (Lipinski definition) is 5. The molecule has 0 atom stereocenters. The van der Waals surface area contributed by atoms with Gasteiger partial charge in [0.25, 0.3) is 0 Å². The summed E-state index contributed by atoms with van der Waals surface area (Å²) in [6.07, 6.45) is -0.453. The fourth-order valence-corrected chi connectivity index (χ4v) is 3.15. The number of benzene rings is 3. The number of anilines is 2. The van der Waals surface area contributed by atoms with Crippen LogP contribution in [-0.4, -0.2) is 11.6 Å². The predicted molar refractivity (Wildman–Crippen MR) is 112 cm³/mol. The van der Waals surface area contributed by atoms with Crippen molar-refractivity contribution in [1.82, 2.24) is 0 Å². The van der Waals surface area contributed by atoms with Crippen LogP contribution in [0, 0.1) is 17.0 Å². The van der Waals surface area contributed by atoms with Gasteiger partial charge in [-0.15, -0.1) is 0 Å². The predicted octanol–water partition coefficient (Wildman–Crippen LogP) is 4.11. The molecule has 0 aromatic heterocycles. The fourth-order valence-electron chi connectivity index (χ4n) is 2.80. The Morgan fingerprint density at radius 2 is 1.72 bits per heavy atom. The summed E-state index contributed by atoms with van der Waals surface area (Å²) in [6, 6.07) is 15.2. The van der Waals surface area contributed by atoms with Crippen LogP contribution in [0.4, 0.5) is 20.2 Å². The van der Waals surface area contributed by atoms with E-state index in [0.29, 0.717) is 22.5 Å². The molecule has 3 aromatic rings. The van der Waals surface area contributed by atoms with Crippen LogP contribution >= 0.6 is 11.9 Å². The minimum Gasteiger partial charge on any atom is -0.398 e. The first-order valence-corrected chi connectivity index (χ1v) is 9.45. The van der Waals surface area contributed by atoms with Crippen LogP contribution in [0.15, 0.2) is 65.6 Å². The second-order valence-electron chi connectivity index (χ2n) is 6.25. The molecular formula is C21H18F2N4OS. The minimum atomic E-state index is -0.780. The van der Waals surface area contributed by atoms with Gasteiger partial charge in [0.2, 0.25) is 5.91 Å². The van der Waals surface area contributed by atoms with Gasteiger partial charge in [-0.3, -0.25) is 15.3 Å². The van der Waals surface area contributed by atoms with Crippen LogP contribution in [0.25, 0.3) is 0 Å². The van der Waals surface area contributed by atoms with Crippen molar-refractivity contribution in [2.24, 2.45) is 5.14 Å². The van der Waals surface area contributed by atoms with Crippen LogP contribution in [0.5, 0.6) is 0 Å². The third-order valence-electron chi connectivity index (χ3n) is 4.26. The van der Waals surface area contributed by atoms with Gasteiger partial charge in [0, 0.05) is 33.0 Å². The van der Waals surface area contributed by atoms with E-state index in [1.807, 2.05) is 6.07 Å². The molecule has 0 spiro atoms. The fraction of sp³-hybridized carbons (Fsp3) is 0.0476. The molecule has 0 aliphatic heterocycles. The molecule has 6 N–H and O–H groups in total. The number of halogens is 2. The zero-order valence-corrected chi connectivity index (χ0v) is 16.0. The molecule has 0 saturated heterocycles. The van der Waals surface area contributed by atoms with Gasteiger partial charge < -0.3 is 11.1 Å². The number of nitrogens with two attached hydrogens (primary N) is 2. The number of carbonyl (C=O) groups is 1. The van der Waals surface area contributed by atoms with E-state index in [1.54, 1.807) is 36.4 Å². The summed E-state index contributed by atoms with van der Waals surface area (Å²) in [4.78, 5) is 13.1. The second-order valence-corrected chi connectivity index (χ2v) is 6.95. The van der Waals surface area contributed by atoms with E-state index in [4.69, 9.17) is 16.3 Å². The van der Waals surface area contributed by atoms with Crippen molar-refractivity contribution in [3.63, 3.8) is 0 Å². The van der Waals surface area contributed by atoms with Crippen molar-refractivity contribution in [2.75, 3.05) is 11.1 Å². The number of amides is 1. The summed E-state index contributed by atoms with van der Waals surface area (Å²) in [6.45, 7) is 0. The largest absolute Gasteiger partial charge is 0.398 e. The average Bonchev–Trinajstić information content (AvgIpc) is 2.72. The first-order valence-electron chi connectivity index (χ1n) is 8.57. The van der Waals surface area contributed by atoms with Gasteiger partial charge >= 0.3 is 0 Å². The number of hydrogen-bond donors (Lipinski definition) is 4. The lowest BCUT2D eigenvalue weighted by Crippen LogP contribution is -2.17. The van der Waals surface area contributed by atoms with E-state index in [0.717, 1.165) is 29.0 Å². The van der Waals surface area contributed by atoms with E-state index in [-0.39, 0.29) is 11.3 Å². The Morgan fingerprint density at radius 3 is 2.41 bits per heavy atom. The van der Waals surface area contributed by atoms with Gasteiger partial charge in [0.15, 0.2) is 0 Å². The number of carbonyl (C=O) groups excluding carboxylic acids is 1. The van der Waals surface area contributed by atoms with Crippen molar-refractivity contribution < 1.29 is 13.6 Å². The molecule has 0 aliphatic rings. The lowest BCUT2D eigenvalue weighted by Gasteiger charge is -2.12. The van der Waals surface area contributed by atoms with Crippen molar-refractivity contribution in [3.8, 4) is 0 Å². The van der Waals surface area contributed by atoms with Crippen molar-refractivity contribution in [3.05, 3.63) is 89.0 Å². The molecule has 5 nitrogen and oxygen atoms in total. The number of rotatable bonds is 6. The van der Waals surface area contributed by atoms with Crippen molar-refractivity contribution >= 4 is 34.9 Å². The van der Waals surface area contributed by atoms with E-state index < -0.39 is 24.0 Å². The van der Waals surface area contributed by atoms with Gasteiger partial charge in [-0.25, -0.2) is 8.78 Å². The molecule has 3 rings (SSSR count). The number of nitrogens with one attached hydrogen (secondary N) is 2. The Balaban J connectivity index is 1.81. The zero-order valence-electron chi connectivity index (χ0n) is 15.2. The standard InChI is InChI=1S/C21H18F2N4OS/c22-17-5-2-6-18(23)15(17)11-20(28)27-13-7-8-19(24)16(10-13)21(25)12-3-1-4-14(9-12)29-26/h1-10,25H,11,24,26H2,(H,27,28). The maximum Gasteiger partial charge on any atom is 0.229 e. The Kier molecular flexibility index (Phi) is 6.26. The lowest BCUT2D eigenvalue weighted by atomic mass is 10.00. The quantitative estimate of drug-likeness (QED) is 0.278. The van der Waals surface area contributed by atoms with Gasteiger partial charge in [0.1, 0.15) is 11.6 Å². The lowest BCUT2D eigenvalue weighted by molar-refractivity contribution is -0.115. The highest BCUT2D eigenvalue weighted by atomic mass is 32.2. The van der Waals surface area contributed by atoms with E-state index in [1.165, 1.54) is 6.07 Å². The summed E-state index contributed by atoms with van der Waals surface area (Å²) >= 11 is 1.07. The zero-order chi connectivity index (χ0) is 21.0. The van der Waals surface area contributed by atoms with Gasteiger partial charge in [0.05, 0.1) is 12.1 Å². The molecule has 29 heavy (non-hydrogen) atoms. The maximum atomic E-state index is 13.7. The Morgan fingerprint density at radius 1 is 1.03 bits per heavy atom. The summed E-state index contributed by atoms with van der Waals surface area (Å²) in [5.41, 5.74) is 7.63. The molecule has 8 heteroatoms. The van der Waals surface area contributed by atoms with E-state index in [2.05, 4.69) is 5.32 Å². The second kappa shape index (κ2) is 8.85. The minimum absolute atomic E-state index is 0.162. The van der Waals surface area contributed by atoms with Crippen LogP contribution in [0.1, 0.15) is 16.7 Å². The maximum absolute atomic E-state index is 13.7. The molecule has 0 aliphatic carbocycles. The summed E-state index contributed by atoms with van der Waals surface area (Å²) in [5.74, 6) is -2.15. The third-order valence-corrected chi connectivity index (χ3v) is 4.79. The van der Waals surface area contributed by atoms with Crippen LogP contribution in [-0.2, 0) is 11.2 Å². The third kappa shape index (κ3) is 4.79. The van der Waals surface area contributed by atoms with Gasteiger partial charge in [-0.2, -0.15) is 0 Å². The molecule has 0 bridgehead atoms. The van der Waals surface area contributed by atoms with Crippen LogP contribution in [0.2, 0.25) is 0 Å². The highest BCUT2D eigenvalue weighted by molar-refractivity contribution is 7.97. The molecular weight excluding hydrogens is 394 g/mol. The molecule has 3 aromatic carbocycles. The molecule has 0 unspecified atom stereocenters. The summed E-state index contributed by atoms with van der Waals surface area (Å²) in [7, 11) is 0. The molecule has 0 radical (unpaired) electrons. The van der Waals surface area contributed by atoms with Crippen molar-refractivity contribution in [1.29, 1.82) is 5.41 Å². The van der Waals surface area contributed by atoms with E-state index in [9.17, 15) is 13.6 Å². The molecule has 0 heterocycles. The number of nitrogen functional groups attached to an aromatic ring is 1.